The SMILES string of the molecule is CC.CC.CCCCC.COc1cc(C(N)=O)cc2nc(NC(=O)c3csnc3C)n(CCCNC(=O)OC3CCCC3)c12. The summed E-state index contributed by atoms with van der Waals surface area (Å²) < 4.78 is 16.9. The molecule has 0 unspecified atom stereocenters. The molecular weight excluding hydrogens is 580 g/mol. The molecule has 0 spiro atoms. The Labute approximate surface area is 266 Å². The van der Waals surface area contributed by atoms with Gasteiger partial charge in [-0.05, 0) is 62.7 Å². The smallest absolute Gasteiger partial charge is 0.407 e. The van der Waals surface area contributed by atoms with Crippen LogP contribution in [-0.2, 0) is 11.3 Å². The number of rotatable bonds is 11. The van der Waals surface area contributed by atoms with Crippen molar-refractivity contribution in [3.05, 3.63) is 34.3 Å². The number of anilines is 1. The highest BCUT2D eigenvalue weighted by molar-refractivity contribution is 7.04. The van der Waals surface area contributed by atoms with E-state index >= 15 is 0 Å². The van der Waals surface area contributed by atoms with E-state index in [-0.39, 0.29) is 23.5 Å². The van der Waals surface area contributed by atoms with E-state index < -0.39 is 12.0 Å². The predicted octanol–water partition coefficient (Wildman–Crippen LogP) is 7.47. The first kappa shape index (κ1) is 38.4. The van der Waals surface area contributed by atoms with Gasteiger partial charge in [-0.1, -0.05) is 60.8 Å². The lowest BCUT2D eigenvalue weighted by molar-refractivity contribution is 0.0994. The third kappa shape index (κ3) is 11.4. The Hall–Kier alpha value is -3.67. The van der Waals surface area contributed by atoms with Gasteiger partial charge in [0.05, 0.1) is 23.9 Å². The maximum absolute atomic E-state index is 12.9. The fourth-order valence-corrected chi connectivity index (χ4v) is 5.19. The van der Waals surface area contributed by atoms with Crippen LogP contribution in [0.15, 0.2) is 17.5 Å². The second-order valence-electron chi connectivity index (χ2n) is 9.71. The largest absolute Gasteiger partial charge is 0.494 e. The molecule has 0 bridgehead atoms. The van der Waals surface area contributed by atoms with E-state index in [2.05, 4.69) is 33.8 Å². The summed E-state index contributed by atoms with van der Waals surface area (Å²) in [6.07, 6.45) is 8.16. The summed E-state index contributed by atoms with van der Waals surface area (Å²) in [6.45, 7) is 15.0. The van der Waals surface area contributed by atoms with Gasteiger partial charge in [-0.15, -0.1) is 0 Å². The van der Waals surface area contributed by atoms with Crippen molar-refractivity contribution in [3.8, 4) is 5.75 Å². The van der Waals surface area contributed by atoms with Crippen LogP contribution in [0.4, 0.5) is 10.7 Å². The summed E-state index contributed by atoms with van der Waals surface area (Å²) >= 11 is 1.19. The van der Waals surface area contributed by atoms with Gasteiger partial charge >= 0.3 is 6.09 Å². The molecular formula is C32H52N6O5S. The molecule has 4 rings (SSSR count). The van der Waals surface area contributed by atoms with Crippen LogP contribution in [-0.4, -0.2) is 51.6 Å². The van der Waals surface area contributed by atoms with Crippen molar-refractivity contribution >= 4 is 46.4 Å². The Kier molecular flexibility index (Phi) is 18.4. The Bertz CT molecular complexity index is 1300. The van der Waals surface area contributed by atoms with E-state index in [0.29, 0.717) is 47.6 Å². The van der Waals surface area contributed by atoms with Crippen LogP contribution in [0.3, 0.4) is 0 Å². The van der Waals surface area contributed by atoms with Crippen molar-refractivity contribution in [1.29, 1.82) is 0 Å². The number of carbonyl (C=O) groups is 3. The average Bonchev–Trinajstić information content (AvgIpc) is 3.78. The number of primary amides is 1. The Morgan fingerprint density at radius 1 is 1.07 bits per heavy atom. The molecule has 1 aliphatic carbocycles. The van der Waals surface area contributed by atoms with Gasteiger partial charge in [0.2, 0.25) is 11.9 Å². The lowest BCUT2D eigenvalue weighted by Crippen LogP contribution is -2.29. The number of hydrogen-bond donors (Lipinski definition) is 3. The molecule has 0 radical (unpaired) electrons. The standard InChI is InChI=1S/C23H28N6O5S.C5H12.2C2H6/c1-13-16(12-35-28-13)21(31)27-22-26-17-10-14(20(24)30)11-18(33-2)19(17)29(22)9-5-8-25-23(32)34-15-6-3-4-7-15;1-3-5-4-2;2*1-2/h10-12,15H,3-9H2,1-2H3,(H2,24,30)(H,25,32)(H,26,27,31);3-5H2,1-2H3;2*1-2H3. The molecule has 246 valence electrons. The van der Waals surface area contributed by atoms with Gasteiger partial charge in [-0.3, -0.25) is 14.9 Å². The van der Waals surface area contributed by atoms with E-state index in [1.165, 1.54) is 37.9 Å². The van der Waals surface area contributed by atoms with E-state index in [4.69, 9.17) is 15.2 Å². The monoisotopic (exact) mass is 632 g/mol. The number of nitrogens with two attached hydrogens (primary N) is 1. The molecule has 3 aromatic rings. The van der Waals surface area contributed by atoms with Gasteiger partial charge in [0.1, 0.15) is 17.4 Å². The maximum atomic E-state index is 12.9. The number of fused-ring (bicyclic) bond motifs is 1. The first-order chi connectivity index (χ1) is 21.3. The van der Waals surface area contributed by atoms with Crippen LogP contribution >= 0.6 is 11.5 Å². The quantitative estimate of drug-likeness (QED) is 0.186. The first-order valence-corrected chi connectivity index (χ1v) is 16.7. The fraction of sp³-hybridized carbons (Fsp3) is 0.594. The minimum absolute atomic E-state index is 0.00632. The molecule has 1 saturated carbocycles. The second-order valence-corrected chi connectivity index (χ2v) is 10.3. The number of aromatic nitrogens is 3. The number of nitrogens with one attached hydrogen (secondary N) is 2. The number of alkyl carbamates (subject to hydrolysis) is 1. The number of hydrogen-bond acceptors (Lipinski definition) is 8. The van der Waals surface area contributed by atoms with Crippen LogP contribution in [0.2, 0.25) is 0 Å². The molecule has 1 fully saturated rings. The molecule has 0 aliphatic heterocycles. The Balaban J connectivity index is 0.000000962. The molecule has 0 saturated heterocycles. The van der Waals surface area contributed by atoms with Crippen LogP contribution in [0.1, 0.15) is 119 Å². The minimum Gasteiger partial charge on any atom is -0.494 e. The van der Waals surface area contributed by atoms with E-state index in [0.717, 1.165) is 25.7 Å². The molecule has 2 heterocycles. The summed E-state index contributed by atoms with van der Waals surface area (Å²) in [5.74, 6) is -0.286. The highest BCUT2D eigenvalue weighted by Crippen LogP contribution is 2.31. The number of unbranched alkanes of at least 4 members (excludes halogenated alkanes) is 2. The number of imidazole rings is 1. The van der Waals surface area contributed by atoms with Crippen molar-refractivity contribution in [2.75, 3.05) is 19.0 Å². The summed E-state index contributed by atoms with van der Waals surface area (Å²) in [4.78, 5) is 41.3. The molecule has 44 heavy (non-hydrogen) atoms. The topological polar surface area (TPSA) is 150 Å². The van der Waals surface area contributed by atoms with E-state index in [1.807, 2.05) is 27.7 Å². The highest BCUT2D eigenvalue weighted by atomic mass is 32.1. The van der Waals surface area contributed by atoms with Gasteiger partial charge in [0.15, 0.2) is 0 Å². The van der Waals surface area contributed by atoms with Crippen LogP contribution < -0.4 is 21.1 Å². The number of aryl methyl sites for hydroxylation is 2. The normalized spacial score (nSPS) is 12.1. The number of carbonyl (C=O) groups excluding carboxylic acids is 3. The summed E-state index contributed by atoms with van der Waals surface area (Å²) in [5, 5.41) is 7.29. The van der Waals surface area contributed by atoms with Crippen molar-refractivity contribution in [1.82, 2.24) is 19.2 Å². The van der Waals surface area contributed by atoms with Gasteiger partial charge in [-0.2, -0.15) is 4.37 Å². The summed E-state index contributed by atoms with van der Waals surface area (Å²) in [6, 6.07) is 3.10. The molecule has 11 nitrogen and oxygen atoms in total. The zero-order valence-electron chi connectivity index (χ0n) is 27.7. The van der Waals surface area contributed by atoms with E-state index in [1.54, 1.807) is 29.0 Å². The zero-order chi connectivity index (χ0) is 33.1. The lowest BCUT2D eigenvalue weighted by Gasteiger charge is -2.14. The van der Waals surface area contributed by atoms with Crippen LogP contribution in [0.5, 0.6) is 5.75 Å². The number of benzene rings is 1. The molecule has 1 aromatic carbocycles. The van der Waals surface area contributed by atoms with E-state index in [9.17, 15) is 14.4 Å². The van der Waals surface area contributed by atoms with Gasteiger partial charge in [0.25, 0.3) is 5.91 Å². The second kappa shape index (κ2) is 21.1. The molecule has 4 N–H and O–H groups in total. The molecule has 0 atom stereocenters. The summed E-state index contributed by atoms with van der Waals surface area (Å²) in [7, 11) is 1.48. The third-order valence-corrected chi connectivity index (χ3v) is 7.36. The Morgan fingerprint density at radius 2 is 1.73 bits per heavy atom. The van der Waals surface area contributed by atoms with Crippen molar-refractivity contribution in [3.63, 3.8) is 0 Å². The molecule has 12 heteroatoms. The molecule has 3 amide bonds. The molecule has 1 aliphatic rings. The van der Waals surface area contributed by atoms with Gasteiger partial charge in [-0.25, -0.2) is 9.78 Å². The zero-order valence-corrected chi connectivity index (χ0v) is 28.6. The van der Waals surface area contributed by atoms with Crippen LogP contribution in [0, 0.1) is 6.92 Å². The highest BCUT2D eigenvalue weighted by Gasteiger charge is 2.22. The summed E-state index contributed by atoms with van der Waals surface area (Å²) in [5.41, 5.74) is 7.82. The van der Waals surface area contributed by atoms with Gasteiger partial charge < -0.3 is 25.1 Å². The number of ether oxygens (including phenoxy) is 2. The average molecular weight is 633 g/mol. The maximum Gasteiger partial charge on any atom is 0.407 e. The number of amides is 3. The predicted molar refractivity (Wildman–Crippen MR) is 179 cm³/mol. The van der Waals surface area contributed by atoms with Crippen LogP contribution in [0.25, 0.3) is 11.0 Å². The van der Waals surface area contributed by atoms with Crippen molar-refractivity contribution in [2.24, 2.45) is 5.73 Å². The third-order valence-electron chi connectivity index (χ3n) is 6.64. The fourth-order valence-electron chi connectivity index (χ4n) is 4.50. The Morgan fingerprint density at radius 3 is 2.25 bits per heavy atom. The minimum atomic E-state index is -0.615. The van der Waals surface area contributed by atoms with Crippen molar-refractivity contribution in [2.45, 2.75) is 112 Å². The number of nitrogens with zero attached hydrogens (tertiary/aromatic N) is 3. The first-order valence-electron chi connectivity index (χ1n) is 15.8. The van der Waals surface area contributed by atoms with Gasteiger partial charge in [0, 0.05) is 24.0 Å². The van der Waals surface area contributed by atoms with Crippen molar-refractivity contribution < 1.29 is 23.9 Å². The lowest BCUT2D eigenvalue weighted by atomic mass is 10.1. The number of methoxy groups -OCH3 is 1. The molecule has 2 aromatic heterocycles.